The van der Waals surface area contributed by atoms with Gasteiger partial charge in [0.25, 0.3) is 5.91 Å². The summed E-state index contributed by atoms with van der Waals surface area (Å²) in [6.45, 7) is 1.11. The van der Waals surface area contributed by atoms with Crippen LogP contribution in [0.1, 0.15) is 29.6 Å². The van der Waals surface area contributed by atoms with Crippen LogP contribution in [0.25, 0.3) is 0 Å². The van der Waals surface area contributed by atoms with E-state index in [0.717, 1.165) is 12.8 Å². The molecule has 7 nitrogen and oxygen atoms in total. The number of halogens is 1. The maximum absolute atomic E-state index is 13.2. The van der Waals surface area contributed by atoms with Gasteiger partial charge >= 0.3 is 0 Å². The summed E-state index contributed by atoms with van der Waals surface area (Å²) in [5.41, 5.74) is 0.363. The van der Waals surface area contributed by atoms with Crippen molar-refractivity contribution in [2.45, 2.75) is 31.4 Å². The first-order valence-corrected chi connectivity index (χ1v) is 10.8. The van der Waals surface area contributed by atoms with Crippen molar-refractivity contribution in [3.05, 3.63) is 22.7 Å². The van der Waals surface area contributed by atoms with Gasteiger partial charge in [0.05, 0.1) is 22.6 Å². The quantitative estimate of drug-likeness (QED) is 0.766. The number of benzene rings is 1. The lowest BCUT2D eigenvalue weighted by molar-refractivity contribution is 0.0441. The largest absolute Gasteiger partial charge is 0.454 e. The van der Waals surface area contributed by atoms with Crippen LogP contribution in [0.4, 0.5) is 0 Å². The van der Waals surface area contributed by atoms with E-state index in [1.54, 1.807) is 17.0 Å². The number of ether oxygens (including phenoxy) is 3. The molecule has 2 atom stereocenters. The Kier molecular flexibility index (Phi) is 4.75. The first-order valence-electron chi connectivity index (χ1n) is 8.65. The minimum Gasteiger partial charge on any atom is -0.454 e. The average molecular weight is 402 g/mol. The fraction of sp³-hybridized carbons (Fsp3) is 0.588. The molecule has 0 spiro atoms. The molecular weight excluding hydrogens is 382 g/mol. The molecule has 142 valence electrons. The van der Waals surface area contributed by atoms with Crippen LogP contribution < -0.4 is 9.47 Å². The molecule has 3 heterocycles. The molecule has 1 aromatic carbocycles. The Hall–Kier alpha value is -1.51. The van der Waals surface area contributed by atoms with Gasteiger partial charge in [-0.25, -0.2) is 8.42 Å². The number of hydrogen-bond donors (Lipinski definition) is 0. The Labute approximate surface area is 157 Å². The molecule has 1 aromatic rings. The summed E-state index contributed by atoms with van der Waals surface area (Å²) < 4.78 is 40.1. The number of nitrogens with zero attached hydrogens (tertiary/aromatic N) is 1. The van der Waals surface area contributed by atoms with Crippen molar-refractivity contribution in [1.29, 1.82) is 0 Å². The van der Waals surface area contributed by atoms with Crippen LogP contribution >= 0.6 is 11.6 Å². The van der Waals surface area contributed by atoms with E-state index in [0.29, 0.717) is 41.7 Å². The molecule has 0 N–H and O–H groups in total. The Morgan fingerprint density at radius 3 is 2.81 bits per heavy atom. The molecule has 3 aliphatic rings. The third-order valence-electron chi connectivity index (χ3n) is 5.01. The van der Waals surface area contributed by atoms with E-state index in [4.69, 9.17) is 25.8 Å². The Morgan fingerprint density at radius 2 is 2.12 bits per heavy atom. The minimum absolute atomic E-state index is 0.0102. The second-order valence-electron chi connectivity index (χ2n) is 6.84. The minimum atomic E-state index is -3.11. The Morgan fingerprint density at radius 1 is 1.27 bits per heavy atom. The summed E-state index contributed by atoms with van der Waals surface area (Å²) in [6, 6.07) is 2.80. The number of amides is 1. The zero-order chi connectivity index (χ0) is 18.3. The van der Waals surface area contributed by atoms with Gasteiger partial charge < -0.3 is 19.1 Å². The second-order valence-corrected chi connectivity index (χ2v) is 9.48. The van der Waals surface area contributed by atoms with Gasteiger partial charge in [0, 0.05) is 24.8 Å². The molecule has 0 unspecified atom stereocenters. The van der Waals surface area contributed by atoms with Gasteiger partial charge in [-0.15, -0.1) is 0 Å². The van der Waals surface area contributed by atoms with Gasteiger partial charge in [-0.1, -0.05) is 11.6 Å². The highest BCUT2D eigenvalue weighted by Crippen LogP contribution is 2.40. The predicted molar refractivity (Wildman–Crippen MR) is 94.6 cm³/mol. The van der Waals surface area contributed by atoms with Crippen molar-refractivity contribution >= 4 is 27.3 Å². The topological polar surface area (TPSA) is 82.1 Å². The lowest BCUT2D eigenvalue weighted by Crippen LogP contribution is -2.45. The standard InChI is InChI=1S/C17H20ClNO6S/c18-14-6-11(7-15-16(14)25-10-24-15)17(20)19(8-13-2-1-4-23-13)12-3-5-26(21,22)9-12/h6-7,12-13H,1-5,8-10H2/t12-,13-/m1/s1. The van der Waals surface area contributed by atoms with Crippen molar-refractivity contribution in [3.8, 4) is 11.5 Å². The first kappa shape index (κ1) is 17.9. The summed E-state index contributed by atoms with van der Waals surface area (Å²) in [4.78, 5) is 14.8. The summed E-state index contributed by atoms with van der Waals surface area (Å²) in [7, 11) is -3.11. The third kappa shape index (κ3) is 3.50. The first-order chi connectivity index (χ1) is 12.4. The van der Waals surface area contributed by atoms with Crippen molar-refractivity contribution in [2.24, 2.45) is 0 Å². The summed E-state index contributed by atoms with van der Waals surface area (Å²) in [5.74, 6) is 0.690. The van der Waals surface area contributed by atoms with Crippen molar-refractivity contribution < 1.29 is 27.4 Å². The second kappa shape index (κ2) is 6.90. The molecule has 0 saturated carbocycles. The molecule has 0 aromatic heterocycles. The number of carbonyl (C=O) groups is 1. The molecular formula is C17H20ClNO6S. The molecule has 0 radical (unpaired) electrons. The normalized spacial score (nSPS) is 26.2. The van der Waals surface area contributed by atoms with E-state index in [9.17, 15) is 13.2 Å². The van der Waals surface area contributed by atoms with Gasteiger partial charge in [-0.2, -0.15) is 0 Å². The molecule has 2 fully saturated rings. The van der Waals surface area contributed by atoms with Gasteiger partial charge in [-0.05, 0) is 31.4 Å². The van der Waals surface area contributed by atoms with Crippen molar-refractivity contribution in [2.75, 3.05) is 31.5 Å². The fourth-order valence-corrected chi connectivity index (χ4v) is 5.68. The summed E-state index contributed by atoms with van der Waals surface area (Å²) in [5, 5.41) is 0.305. The van der Waals surface area contributed by atoms with Gasteiger partial charge in [0.2, 0.25) is 6.79 Å². The SMILES string of the molecule is O=C(c1cc(Cl)c2c(c1)OCO2)N(C[C@H]1CCCO1)[C@@H]1CCS(=O)(=O)C1. The molecule has 0 bridgehead atoms. The van der Waals surface area contributed by atoms with Crippen LogP contribution in [0, 0.1) is 0 Å². The molecule has 2 saturated heterocycles. The van der Waals surface area contributed by atoms with E-state index in [1.165, 1.54) is 0 Å². The van der Waals surface area contributed by atoms with Gasteiger partial charge in [-0.3, -0.25) is 4.79 Å². The number of hydrogen-bond acceptors (Lipinski definition) is 6. The Balaban J connectivity index is 1.62. The maximum Gasteiger partial charge on any atom is 0.254 e. The predicted octanol–water partition coefficient (Wildman–Crippen LogP) is 1.88. The van der Waals surface area contributed by atoms with Crippen LogP contribution in [0.2, 0.25) is 5.02 Å². The molecule has 3 aliphatic heterocycles. The number of rotatable bonds is 4. The van der Waals surface area contributed by atoms with Crippen LogP contribution in [-0.4, -0.2) is 62.8 Å². The van der Waals surface area contributed by atoms with E-state index in [-0.39, 0.29) is 36.4 Å². The maximum atomic E-state index is 13.2. The Bertz CT molecular complexity index is 821. The number of carbonyl (C=O) groups excluding carboxylic acids is 1. The third-order valence-corrected chi connectivity index (χ3v) is 7.04. The molecule has 0 aliphatic carbocycles. The summed E-state index contributed by atoms with van der Waals surface area (Å²) >= 11 is 6.20. The molecule has 1 amide bonds. The van der Waals surface area contributed by atoms with Crippen LogP contribution in [0.15, 0.2) is 12.1 Å². The van der Waals surface area contributed by atoms with E-state index in [1.807, 2.05) is 0 Å². The van der Waals surface area contributed by atoms with E-state index in [2.05, 4.69) is 0 Å². The van der Waals surface area contributed by atoms with Crippen molar-refractivity contribution in [3.63, 3.8) is 0 Å². The van der Waals surface area contributed by atoms with Gasteiger partial charge in [0.15, 0.2) is 21.3 Å². The number of fused-ring (bicyclic) bond motifs is 1. The lowest BCUT2D eigenvalue weighted by Gasteiger charge is -2.30. The zero-order valence-electron chi connectivity index (χ0n) is 14.1. The average Bonchev–Trinajstić information content (AvgIpc) is 3.32. The van der Waals surface area contributed by atoms with E-state index >= 15 is 0 Å². The van der Waals surface area contributed by atoms with Crippen LogP contribution in [-0.2, 0) is 14.6 Å². The van der Waals surface area contributed by atoms with E-state index < -0.39 is 9.84 Å². The molecule has 4 rings (SSSR count). The smallest absolute Gasteiger partial charge is 0.254 e. The van der Waals surface area contributed by atoms with Crippen LogP contribution in [0.3, 0.4) is 0 Å². The highest BCUT2D eigenvalue weighted by atomic mass is 35.5. The highest BCUT2D eigenvalue weighted by molar-refractivity contribution is 7.91. The molecule has 26 heavy (non-hydrogen) atoms. The lowest BCUT2D eigenvalue weighted by atomic mass is 10.1. The monoisotopic (exact) mass is 401 g/mol. The fourth-order valence-electron chi connectivity index (χ4n) is 3.68. The van der Waals surface area contributed by atoms with Crippen molar-refractivity contribution in [1.82, 2.24) is 4.90 Å². The summed E-state index contributed by atoms with van der Waals surface area (Å²) in [6.07, 6.45) is 2.20. The zero-order valence-corrected chi connectivity index (χ0v) is 15.7. The molecule has 9 heteroatoms. The van der Waals surface area contributed by atoms with Crippen LogP contribution in [0.5, 0.6) is 11.5 Å². The number of sulfone groups is 1. The highest BCUT2D eigenvalue weighted by Gasteiger charge is 2.37. The van der Waals surface area contributed by atoms with Gasteiger partial charge in [0.1, 0.15) is 0 Å².